The molecule has 1 spiro atoms. The highest BCUT2D eigenvalue weighted by Crippen LogP contribution is 2.87. The molecule has 3 aliphatic carbocycles. The van der Waals surface area contributed by atoms with Gasteiger partial charge in [0.25, 0.3) is 5.91 Å². The number of likely N-dealkylation sites (tertiary alicyclic amines) is 1. The second-order valence-corrected chi connectivity index (χ2v) is 11.2. The van der Waals surface area contributed by atoms with Gasteiger partial charge in [0.1, 0.15) is 6.04 Å². The number of nitrogens with zero attached hydrogens (tertiary/aromatic N) is 1. The lowest BCUT2D eigenvalue weighted by Gasteiger charge is -2.87. The third-order valence-electron chi connectivity index (χ3n) is 9.90. The van der Waals surface area contributed by atoms with Gasteiger partial charge in [-0.3, -0.25) is 9.59 Å². The van der Waals surface area contributed by atoms with Gasteiger partial charge in [0.15, 0.2) is 0 Å². The van der Waals surface area contributed by atoms with E-state index in [1.165, 1.54) is 6.42 Å². The van der Waals surface area contributed by atoms with Crippen LogP contribution in [0, 0.1) is 17.3 Å². The first kappa shape index (κ1) is 21.6. The molecular weight excluding hydrogens is 417 g/mol. The van der Waals surface area contributed by atoms with Crippen LogP contribution in [-0.2, 0) is 20.5 Å². The summed E-state index contributed by atoms with van der Waals surface area (Å²) in [5.41, 5.74) is 7.12. The van der Waals surface area contributed by atoms with Crippen molar-refractivity contribution in [1.82, 2.24) is 10.2 Å². The van der Waals surface area contributed by atoms with Gasteiger partial charge >= 0.3 is 7.12 Å². The van der Waals surface area contributed by atoms with Crippen molar-refractivity contribution in [2.24, 2.45) is 23.0 Å². The molecule has 7 atom stereocenters. The molecular formula is C25H34BN3O4. The number of hydrogen-bond acceptors (Lipinski definition) is 5. The Kier molecular flexibility index (Phi) is 4.63. The SMILES string of the molecule is C[C@@H](NC(=O)c1ccc(CCN)cc1)C(=O)N1CCC[C@H]1B1OC23CC4CC(C42C)[C@]3(C)O1. The van der Waals surface area contributed by atoms with E-state index in [4.69, 9.17) is 15.0 Å². The lowest BCUT2D eigenvalue weighted by molar-refractivity contribution is -0.429. The van der Waals surface area contributed by atoms with Gasteiger partial charge in [-0.2, -0.15) is 0 Å². The molecule has 3 saturated carbocycles. The van der Waals surface area contributed by atoms with Gasteiger partial charge in [-0.25, -0.2) is 0 Å². The van der Waals surface area contributed by atoms with Crippen molar-refractivity contribution in [2.45, 2.75) is 76.1 Å². The monoisotopic (exact) mass is 451 g/mol. The van der Waals surface area contributed by atoms with Crippen molar-refractivity contribution in [2.75, 3.05) is 13.1 Å². The maximum Gasteiger partial charge on any atom is 0.482 e. The van der Waals surface area contributed by atoms with Crippen LogP contribution in [0.4, 0.5) is 0 Å². The first-order valence-electron chi connectivity index (χ1n) is 12.5. The maximum absolute atomic E-state index is 13.4. The van der Waals surface area contributed by atoms with Crippen LogP contribution in [-0.4, -0.2) is 60.1 Å². The van der Waals surface area contributed by atoms with Crippen molar-refractivity contribution >= 4 is 18.9 Å². The minimum Gasteiger partial charge on any atom is -0.401 e. The molecule has 0 radical (unpaired) electrons. The Balaban J connectivity index is 1.11. The zero-order chi connectivity index (χ0) is 23.2. The van der Waals surface area contributed by atoms with E-state index in [0.717, 1.165) is 37.2 Å². The second kappa shape index (κ2) is 7.06. The fraction of sp³-hybridized carbons (Fsp3) is 0.680. The first-order chi connectivity index (χ1) is 15.7. The van der Waals surface area contributed by atoms with Crippen LogP contribution in [0.5, 0.6) is 0 Å². The summed E-state index contributed by atoms with van der Waals surface area (Å²) in [6.45, 7) is 7.59. The largest absolute Gasteiger partial charge is 0.482 e. The summed E-state index contributed by atoms with van der Waals surface area (Å²) in [5, 5.41) is 2.88. The number of hydrogen-bond donors (Lipinski definition) is 2. The zero-order valence-electron chi connectivity index (χ0n) is 19.8. The van der Waals surface area contributed by atoms with E-state index in [1.54, 1.807) is 19.1 Å². The van der Waals surface area contributed by atoms with E-state index in [1.807, 2.05) is 17.0 Å². The molecule has 176 valence electrons. The molecule has 0 bridgehead atoms. The van der Waals surface area contributed by atoms with E-state index >= 15 is 0 Å². The minimum atomic E-state index is -0.615. The number of rotatable bonds is 6. The summed E-state index contributed by atoms with van der Waals surface area (Å²) in [6.07, 6.45) is 4.91. The Morgan fingerprint density at radius 3 is 2.67 bits per heavy atom. The fourth-order valence-corrected chi connectivity index (χ4v) is 8.00. The predicted octanol–water partition coefficient (Wildman–Crippen LogP) is 1.93. The Morgan fingerprint density at radius 1 is 1.27 bits per heavy atom. The summed E-state index contributed by atoms with van der Waals surface area (Å²) >= 11 is 0. The molecule has 2 saturated heterocycles. The summed E-state index contributed by atoms with van der Waals surface area (Å²) in [6, 6.07) is 6.77. The van der Waals surface area contributed by atoms with Crippen molar-refractivity contribution < 1.29 is 18.9 Å². The molecule has 8 heteroatoms. The molecule has 3 N–H and O–H groups in total. The molecule has 4 unspecified atom stereocenters. The Labute approximate surface area is 195 Å². The summed E-state index contributed by atoms with van der Waals surface area (Å²) in [5.74, 6) is 0.952. The van der Waals surface area contributed by atoms with Crippen LogP contribution in [0.3, 0.4) is 0 Å². The number of benzene rings is 1. The van der Waals surface area contributed by atoms with Crippen LogP contribution in [0.25, 0.3) is 0 Å². The molecule has 0 aromatic heterocycles. The zero-order valence-corrected chi connectivity index (χ0v) is 19.8. The Morgan fingerprint density at radius 2 is 2.03 bits per heavy atom. The summed E-state index contributed by atoms with van der Waals surface area (Å²) in [7, 11) is -0.372. The van der Waals surface area contributed by atoms with Gasteiger partial charge in [-0.15, -0.1) is 0 Å². The third-order valence-corrected chi connectivity index (χ3v) is 9.90. The molecule has 6 rings (SSSR count). The van der Waals surface area contributed by atoms with E-state index in [2.05, 4.69) is 19.2 Å². The average Bonchev–Trinajstić information content (AvgIpc) is 3.41. The number of fused-ring (bicyclic) bond motifs is 1. The molecule has 1 aromatic rings. The molecule has 5 aliphatic rings. The van der Waals surface area contributed by atoms with Crippen LogP contribution >= 0.6 is 0 Å². The Bertz CT molecular complexity index is 1000. The molecule has 5 fully saturated rings. The number of nitrogens with two attached hydrogens (primary N) is 1. The van der Waals surface area contributed by atoms with E-state index in [-0.39, 0.29) is 41.5 Å². The van der Waals surface area contributed by atoms with Crippen LogP contribution in [0.2, 0.25) is 0 Å². The number of carbonyl (C=O) groups excluding carboxylic acids is 2. The molecule has 33 heavy (non-hydrogen) atoms. The van der Waals surface area contributed by atoms with Crippen molar-refractivity contribution in [3.8, 4) is 0 Å². The number of nitrogens with one attached hydrogen (secondary N) is 1. The topological polar surface area (TPSA) is 93.9 Å². The highest BCUT2D eigenvalue weighted by molar-refractivity contribution is 6.48. The first-order valence-corrected chi connectivity index (χ1v) is 12.5. The number of amides is 2. The van der Waals surface area contributed by atoms with E-state index < -0.39 is 6.04 Å². The van der Waals surface area contributed by atoms with Gasteiger partial charge in [0, 0.05) is 17.5 Å². The van der Waals surface area contributed by atoms with Crippen LogP contribution in [0.1, 0.15) is 62.4 Å². The van der Waals surface area contributed by atoms with Crippen LogP contribution < -0.4 is 11.1 Å². The Hall–Kier alpha value is -1.90. The molecule has 2 aliphatic heterocycles. The van der Waals surface area contributed by atoms with E-state index in [0.29, 0.717) is 24.6 Å². The lowest BCUT2D eigenvalue weighted by Crippen LogP contribution is -2.92. The highest BCUT2D eigenvalue weighted by atomic mass is 16.7. The van der Waals surface area contributed by atoms with Gasteiger partial charge in [0.2, 0.25) is 5.91 Å². The smallest absolute Gasteiger partial charge is 0.401 e. The summed E-state index contributed by atoms with van der Waals surface area (Å²) < 4.78 is 13.3. The van der Waals surface area contributed by atoms with Gasteiger partial charge in [0.05, 0.1) is 17.1 Å². The average molecular weight is 451 g/mol. The molecule has 1 aromatic carbocycles. The highest BCUT2D eigenvalue weighted by Gasteiger charge is 2.93. The van der Waals surface area contributed by atoms with Gasteiger partial charge in [-0.05, 0) is 82.0 Å². The number of carbonyl (C=O) groups is 2. The normalized spacial score (nSPS) is 40.8. The lowest BCUT2D eigenvalue weighted by atomic mass is 9.21. The van der Waals surface area contributed by atoms with Crippen LogP contribution in [0.15, 0.2) is 24.3 Å². The summed E-state index contributed by atoms with van der Waals surface area (Å²) in [4.78, 5) is 28.0. The standard InChI is InChI=1S/C25H34BN3O4/c1-15(28-21(30)17-8-6-16(7-9-17)10-11-27)22(31)29-12-4-5-20(29)26-32-24(3)19-13-18-14-25(24,33-26)23(18,19)2/h6-9,15,18-20H,4-5,10-14,27H2,1-3H3,(H,28,30)/t15-,18?,19?,20+,23?,24+,25?/m1/s1. The molecule has 2 amide bonds. The fourth-order valence-electron chi connectivity index (χ4n) is 8.00. The molecule has 2 heterocycles. The van der Waals surface area contributed by atoms with Crippen molar-refractivity contribution in [1.29, 1.82) is 0 Å². The van der Waals surface area contributed by atoms with Gasteiger partial charge < -0.3 is 25.3 Å². The van der Waals surface area contributed by atoms with Crippen molar-refractivity contribution in [3.63, 3.8) is 0 Å². The predicted molar refractivity (Wildman–Crippen MR) is 124 cm³/mol. The minimum absolute atomic E-state index is 0.0691. The molecule has 7 nitrogen and oxygen atoms in total. The quantitative estimate of drug-likeness (QED) is 0.645. The van der Waals surface area contributed by atoms with Crippen molar-refractivity contribution in [3.05, 3.63) is 35.4 Å². The van der Waals surface area contributed by atoms with Gasteiger partial charge in [-0.1, -0.05) is 19.1 Å². The third kappa shape index (κ3) is 2.57. The van der Waals surface area contributed by atoms with E-state index in [9.17, 15) is 9.59 Å². The maximum atomic E-state index is 13.4. The second-order valence-electron chi connectivity index (χ2n) is 11.2.